The number of anilines is 1. The van der Waals surface area contributed by atoms with Crippen molar-refractivity contribution < 1.29 is 0 Å². The van der Waals surface area contributed by atoms with Crippen LogP contribution in [-0.2, 0) is 0 Å². The van der Waals surface area contributed by atoms with Crippen LogP contribution in [0.4, 0.5) is 5.95 Å². The average molecular weight is 369 g/mol. The van der Waals surface area contributed by atoms with Crippen LogP contribution in [0.3, 0.4) is 0 Å². The molecule has 1 fully saturated rings. The van der Waals surface area contributed by atoms with Crippen LogP contribution in [0.2, 0.25) is 0 Å². The number of fused-ring (bicyclic) bond motifs is 1. The van der Waals surface area contributed by atoms with E-state index in [0.717, 1.165) is 11.4 Å². The number of hydrogen-bond acceptors (Lipinski definition) is 2. The monoisotopic (exact) mass is 369 g/mol. The fraction of sp³-hybridized carbons (Fsp3) is 0.533. The first-order valence-corrected chi connectivity index (χ1v) is 8.20. The Morgan fingerprint density at radius 1 is 1.42 bits per heavy atom. The third-order valence-corrected chi connectivity index (χ3v) is 5.05. The lowest BCUT2D eigenvalue weighted by Crippen LogP contribution is -2.20. The summed E-state index contributed by atoms with van der Waals surface area (Å²) < 4.78 is 3.48. The van der Waals surface area contributed by atoms with Gasteiger partial charge in [0, 0.05) is 9.61 Å². The van der Waals surface area contributed by atoms with Gasteiger partial charge >= 0.3 is 0 Å². The van der Waals surface area contributed by atoms with Gasteiger partial charge in [0.05, 0.1) is 11.0 Å². The van der Waals surface area contributed by atoms with E-state index in [9.17, 15) is 0 Å². The van der Waals surface area contributed by atoms with Gasteiger partial charge in [-0.05, 0) is 59.5 Å². The first-order chi connectivity index (χ1) is 9.19. The highest BCUT2D eigenvalue weighted by Crippen LogP contribution is 2.37. The summed E-state index contributed by atoms with van der Waals surface area (Å²) in [5.41, 5.74) is 8.40. The first kappa shape index (κ1) is 13.2. The van der Waals surface area contributed by atoms with Crippen molar-refractivity contribution in [1.29, 1.82) is 0 Å². The molecule has 0 radical (unpaired) electrons. The maximum absolute atomic E-state index is 6.17. The molecule has 2 N–H and O–H groups in total. The third-order valence-electron chi connectivity index (χ3n) is 4.38. The van der Waals surface area contributed by atoms with Gasteiger partial charge < -0.3 is 10.3 Å². The van der Waals surface area contributed by atoms with Crippen LogP contribution in [0.25, 0.3) is 11.0 Å². The molecule has 0 amide bonds. The highest BCUT2D eigenvalue weighted by Gasteiger charge is 2.25. The molecule has 4 heteroatoms. The fourth-order valence-corrected chi connectivity index (χ4v) is 3.82. The minimum absolute atomic E-state index is 0.531. The normalized spacial score (nSPS) is 23.9. The maximum Gasteiger partial charge on any atom is 0.201 e. The van der Waals surface area contributed by atoms with Gasteiger partial charge in [-0.3, -0.25) is 0 Å². The van der Waals surface area contributed by atoms with E-state index in [-0.39, 0.29) is 0 Å². The van der Waals surface area contributed by atoms with Crippen LogP contribution < -0.4 is 5.73 Å². The van der Waals surface area contributed by atoms with Crippen molar-refractivity contribution >= 4 is 39.6 Å². The van der Waals surface area contributed by atoms with Gasteiger partial charge in [-0.25, -0.2) is 4.98 Å². The van der Waals surface area contributed by atoms with Crippen molar-refractivity contribution in [2.24, 2.45) is 5.92 Å². The summed E-state index contributed by atoms with van der Waals surface area (Å²) in [6.07, 6.45) is 6.45. The van der Waals surface area contributed by atoms with Crippen molar-refractivity contribution in [1.82, 2.24) is 9.55 Å². The van der Waals surface area contributed by atoms with E-state index in [0.29, 0.717) is 12.0 Å². The smallest absolute Gasteiger partial charge is 0.201 e. The van der Waals surface area contributed by atoms with Crippen LogP contribution in [0.15, 0.2) is 18.2 Å². The Balaban J connectivity index is 2.02. The lowest BCUT2D eigenvalue weighted by atomic mass is 9.84. The number of benzene rings is 1. The van der Waals surface area contributed by atoms with E-state index in [2.05, 4.69) is 57.3 Å². The standard InChI is InChI=1S/C15H20IN3/c1-2-10-4-3-5-12(8-10)19-14-7-6-11(16)9-13(14)18-15(19)17/h6-7,9-10,12H,2-5,8H2,1H3,(H2,17,18). The summed E-state index contributed by atoms with van der Waals surface area (Å²) >= 11 is 2.32. The Morgan fingerprint density at radius 3 is 3.05 bits per heavy atom. The van der Waals surface area contributed by atoms with Gasteiger partial charge in [-0.2, -0.15) is 0 Å². The van der Waals surface area contributed by atoms with Gasteiger partial charge in [0.25, 0.3) is 0 Å². The summed E-state index contributed by atoms with van der Waals surface area (Å²) in [6.45, 7) is 2.30. The maximum atomic E-state index is 6.17. The zero-order chi connectivity index (χ0) is 13.4. The second-order valence-electron chi connectivity index (χ2n) is 5.57. The Morgan fingerprint density at radius 2 is 2.26 bits per heavy atom. The molecule has 1 aliphatic rings. The van der Waals surface area contributed by atoms with E-state index in [4.69, 9.17) is 5.73 Å². The molecule has 1 aromatic carbocycles. The fourth-order valence-electron chi connectivity index (χ4n) is 3.34. The van der Waals surface area contributed by atoms with E-state index in [1.54, 1.807) is 0 Å². The number of nitrogen functional groups attached to an aromatic ring is 1. The number of halogens is 1. The summed E-state index contributed by atoms with van der Waals surface area (Å²) in [5.74, 6) is 1.53. The predicted octanol–water partition coefficient (Wildman–Crippen LogP) is 4.36. The number of nitrogens with zero attached hydrogens (tertiary/aromatic N) is 2. The third kappa shape index (κ3) is 2.47. The topological polar surface area (TPSA) is 43.8 Å². The summed E-state index contributed by atoms with van der Waals surface area (Å²) in [6, 6.07) is 6.95. The number of rotatable bonds is 2. The minimum atomic E-state index is 0.531. The molecule has 3 rings (SSSR count). The highest BCUT2D eigenvalue weighted by molar-refractivity contribution is 14.1. The van der Waals surface area contributed by atoms with Gasteiger partial charge in [-0.1, -0.05) is 26.2 Å². The van der Waals surface area contributed by atoms with Crippen molar-refractivity contribution in [3.8, 4) is 0 Å². The van der Waals surface area contributed by atoms with E-state index in [1.165, 1.54) is 41.2 Å². The second kappa shape index (κ2) is 5.31. The van der Waals surface area contributed by atoms with Crippen LogP contribution in [0.1, 0.15) is 45.1 Å². The summed E-state index contributed by atoms with van der Waals surface area (Å²) in [5, 5.41) is 0. The summed E-state index contributed by atoms with van der Waals surface area (Å²) in [7, 11) is 0. The molecule has 2 atom stereocenters. The van der Waals surface area contributed by atoms with Crippen LogP contribution in [0.5, 0.6) is 0 Å². The number of imidazole rings is 1. The van der Waals surface area contributed by atoms with E-state index < -0.39 is 0 Å². The molecular formula is C15H20IN3. The average Bonchev–Trinajstić information content (AvgIpc) is 2.73. The number of nitrogens with two attached hydrogens (primary N) is 1. The van der Waals surface area contributed by atoms with Crippen molar-refractivity contribution in [2.75, 3.05) is 5.73 Å². The zero-order valence-corrected chi connectivity index (χ0v) is 13.4. The molecule has 0 saturated heterocycles. The lowest BCUT2D eigenvalue weighted by Gasteiger charge is -2.30. The van der Waals surface area contributed by atoms with Gasteiger partial charge in [0.15, 0.2) is 0 Å². The largest absolute Gasteiger partial charge is 0.369 e. The molecule has 102 valence electrons. The van der Waals surface area contributed by atoms with Crippen molar-refractivity contribution in [3.05, 3.63) is 21.8 Å². The quantitative estimate of drug-likeness (QED) is 0.800. The number of aromatic nitrogens is 2. The SMILES string of the molecule is CCC1CCCC(n2c(N)nc3cc(I)ccc32)C1. The predicted molar refractivity (Wildman–Crippen MR) is 88.1 cm³/mol. The Labute approximate surface area is 127 Å². The molecule has 2 aromatic rings. The molecule has 1 heterocycles. The summed E-state index contributed by atoms with van der Waals surface area (Å²) in [4.78, 5) is 4.54. The molecule has 1 saturated carbocycles. The lowest BCUT2D eigenvalue weighted by molar-refractivity contribution is 0.267. The Bertz CT molecular complexity index is 590. The molecule has 0 bridgehead atoms. The zero-order valence-electron chi connectivity index (χ0n) is 11.3. The molecular weight excluding hydrogens is 349 g/mol. The van der Waals surface area contributed by atoms with Gasteiger partial charge in [-0.15, -0.1) is 0 Å². The Kier molecular flexibility index (Phi) is 3.69. The highest BCUT2D eigenvalue weighted by atomic mass is 127. The van der Waals surface area contributed by atoms with Gasteiger partial charge in [0.1, 0.15) is 0 Å². The van der Waals surface area contributed by atoms with Crippen molar-refractivity contribution in [2.45, 2.75) is 45.1 Å². The molecule has 1 aromatic heterocycles. The Hall–Kier alpha value is -0.780. The molecule has 1 aliphatic carbocycles. The van der Waals surface area contributed by atoms with Crippen molar-refractivity contribution in [3.63, 3.8) is 0 Å². The molecule has 2 unspecified atom stereocenters. The second-order valence-corrected chi connectivity index (χ2v) is 6.81. The first-order valence-electron chi connectivity index (χ1n) is 7.12. The molecule has 3 nitrogen and oxygen atoms in total. The molecule has 19 heavy (non-hydrogen) atoms. The van der Waals surface area contributed by atoms with Crippen LogP contribution in [-0.4, -0.2) is 9.55 Å². The van der Waals surface area contributed by atoms with Crippen LogP contribution >= 0.6 is 22.6 Å². The number of hydrogen-bond donors (Lipinski definition) is 1. The van der Waals surface area contributed by atoms with E-state index >= 15 is 0 Å². The molecule has 0 aliphatic heterocycles. The van der Waals surface area contributed by atoms with E-state index in [1.807, 2.05) is 0 Å². The minimum Gasteiger partial charge on any atom is -0.369 e. The van der Waals surface area contributed by atoms with Gasteiger partial charge in [0.2, 0.25) is 5.95 Å². The molecule has 0 spiro atoms. The van der Waals surface area contributed by atoms with Crippen LogP contribution in [0, 0.1) is 9.49 Å².